The highest BCUT2D eigenvalue weighted by Gasteiger charge is 2.17. The summed E-state index contributed by atoms with van der Waals surface area (Å²) in [5, 5.41) is 2.97. The SMILES string of the molecule is CC1CCCCN1CCCCNC(=O)C(N)Cc1ccccc1.Cl.Cl. The first-order chi connectivity index (χ1) is 11.2. The summed E-state index contributed by atoms with van der Waals surface area (Å²) in [5.74, 6) is -0.0415. The van der Waals surface area contributed by atoms with Crippen molar-refractivity contribution >= 4 is 30.7 Å². The lowest BCUT2D eigenvalue weighted by atomic mass is 10.0. The molecule has 0 spiro atoms. The Morgan fingerprint density at radius 1 is 1.24 bits per heavy atom. The van der Waals surface area contributed by atoms with Crippen LogP contribution in [-0.4, -0.2) is 42.5 Å². The van der Waals surface area contributed by atoms with Crippen molar-refractivity contribution in [2.45, 2.75) is 57.5 Å². The van der Waals surface area contributed by atoms with Gasteiger partial charge in [-0.1, -0.05) is 36.8 Å². The number of likely N-dealkylation sites (tertiary alicyclic amines) is 1. The quantitative estimate of drug-likeness (QED) is 0.671. The molecule has 1 aliphatic rings. The summed E-state index contributed by atoms with van der Waals surface area (Å²) in [6, 6.07) is 10.2. The zero-order chi connectivity index (χ0) is 16.5. The molecule has 2 rings (SSSR count). The molecule has 1 amide bonds. The summed E-state index contributed by atoms with van der Waals surface area (Å²) in [5.41, 5.74) is 7.08. The molecular formula is C19H33Cl2N3O. The highest BCUT2D eigenvalue weighted by molar-refractivity contribution is 5.85. The first-order valence-corrected chi connectivity index (χ1v) is 8.98. The van der Waals surface area contributed by atoms with Gasteiger partial charge in [-0.25, -0.2) is 0 Å². The maximum absolute atomic E-state index is 12.0. The average molecular weight is 390 g/mol. The number of hydrogen-bond donors (Lipinski definition) is 2. The normalized spacial score (nSPS) is 18.6. The van der Waals surface area contributed by atoms with E-state index < -0.39 is 6.04 Å². The lowest BCUT2D eigenvalue weighted by molar-refractivity contribution is -0.122. The third-order valence-corrected chi connectivity index (χ3v) is 4.75. The topological polar surface area (TPSA) is 58.4 Å². The van der Waals surface area contributed by atoms with Crippen LogP contribution in [0.1, 0.15) is 44.6 Å². The zero-order valence-corrected chi connectivity index (χ0v) is 16.8. The summed E-state index contributed by atoms with van der Waals surface area (Å²) >= 11 is 0. The Balaban J connectivity index is 0.00000288. The molecule has 3 N–H and O–H groups in total. The molecule has 1 aromatic carbocycles. The standard InChI is InChI=1S/C19H31N3O.2ClH/c1-16-9-5-7-13-22(16)14-8-6-12-21-19(23)18(20)15-17-10-3-2-4-11-17;;/h2-4,10-11,16,18H,5-9,12-15,20H2,1H3,(H,21,23);2*1H. The molecule has 0 aliphatic carbocycles. The van der Waals surface area contributed by atoms with Crippen molar-refractivity contribution in [2.75, 3.05) is 19.6 Å². The van der Waals surface area contributed by atoms with Gasteiger partial charge in [0.15, 0.2) is 0 Å². The van der Waals surface area contributed by atoms with E-state index in [4.69, 9.17) is 5.73 Å². The lowest BCUT2D eigenvalue weighted by Crippen LogP contribution is -2.42. The Morgan fingerprint density at radius 2 is 1.96 bits per heavy atom. The third kappa shape index (κ3) is 8.91. The van der Waals surface area contributed by atoms with E-state index in [2.05, 4.69) is 17.1 Å². The number of nitrogens with two attached hydrogens (primary N) is 1. The van der Waals surface area contributed by atoms with E-state index in [1.165, 1.54) is 25.8 Å². The molecule has 2 unspecified atom stereocenters. The highest BCUT2D eigenvalue weighted by atomic mass is 35.5. The molecule has 0 saturated carbocycles. The van der Waals surface area contributed by atoms with Crippen molar-refractivity contribution in [2.24, 2.45) is 5.73 Å². The number of unbranched alkanes of at least 4 members (excludes halogenated alkanes) is 1. The van der Waals surface area contributed by atoms with Crippen LogP contribution in [0.4, 0.5) is 0 Å². The number of nitrogens with zero attached hydrogens (tertiary/aromatic N) is 1. The van der Waals surface area contributed by atoms with Gasteiger partial charge in [0.25, 0.3) is 0 Å². The summed E-state index contributed by atoms with van der Waals surface area (Å²) in [7, 11) is 0. The molecule has 1 fully saturated rings. The molecule has 1 saturated heterocycles. The van der Waals surface area contributed by atoms with Crippen LogP contribution in [0.15, 0.2) is 30.3 Å². The van der Waals surface area contributed by atoms with Crippen LogP contribution in [0, 0.1) is 0 Å². The maximum atomic E-state index is 12.0. The van der Waals surface area contributed by atoms with E-state index in [9.17, 15) is 4.79 Å². The van der Waals surface area contributed by atoms with Crippen LogP contribution in [0.5, 0.6) is 0 Å². The Labute approximate surface area is 164 Å². The Bertz CT molecular complexity index is 473. The van der Waals surface area contributed by atoms with Crippen molar-refractivity contribution in [3.05, 3.63) is 35.9 Å². The molecule has 2 atom stereocenters. The van der Waals surface area contributed by atoms with E-state index in [1.54, 1.807) is 0 Å². The largest absolute Gasteiger partial charge is 0.355 e. The molecule has 1 heterocycles. The summed E-state index contributed by atoms with van der Waals surface area (Å²) in [4.78, 5) is 14.6. The Kier molecular flexibility index (Phi) is 13.0. The van der Waals surface area contributed by atoms with Gasteiger partial charge in [-0.15, -0.1) is 24.8 Å². The van der Waals surface area contributed by atoms with E-state index in [1.807, 2.05) is 30.3 Å². The van der Waals surface area contributed by atoms with Gasteiger partial charge in [0.2, 0.25) is 5.91 Å². The molecule has 1 aliphatic heterocycles. The number of amides is 1. The molecule has 1 aromatic rings. The first-order valence-electron chi connectivity index (χ1n) is 8.98. The number of halogens is 2. The molecule has 0 bridgehead atoms. The molecule has 0 aromatic heterocycles. The first kappa shape index (κ1) is 24.2. The van der Waals surface area contributed by atoms with Gasteiger partial charge >= 0.3 is 0 Å². The van der Waals surface area contributed by atoms with Crippen LogP contribution in [-0.2, 0) is 11.2 Å². The zero-order valence-electron chi connectivity index (χ0n) is 15.2. The monoisotopic (exact) mass is 389 g/mol. The summed E-state index contributed by atoms with van der Waals surface area (Å²) in [6.07, 6.45) is 6.77. The predicted octanol–water partition coefficient (Wildman–Crippen LogP) is 3.17. The van der Waals surface area contributed by atoms with Gasteiger partial charge in [-0.05, 0) is 57.7 Å². The van der Waals surface area contributed by atoms with Gasteiger partial charge in [-0.2, -0.15) is 0 Å². The van der Waals surface area contributed by atoms with Crippen LogP contribution in [0.3, 0.4) is 0 Å². The number of carbonyl (C=O) groups is 1. The van der Waals surface area contributed by atoms with Crippen molar-refractivity contribution in [1.82, 2.24) is 10.2 Å². The Morgan fingerprint density at radius 3 is 2.64 bits per heavy atom. The smallest absolute Gasteiger partial charge is 0.237 e. The maximum Gasteiger partial charge on any atom is 0.237 e. The lowest BCUT2D eigenvalue weighted by Gasteiger charge is -2.33. The van der Waals surface area contributed by atoms with E-state index >= 15 is 0 Å². The number of carbonyl (C=O) groups excluding carboxylic acids is 1. The summed E-state index contributed by atoms with van der Waals surface area (Å²) in [6.45, 7) is 5.43. The second-order valence-corrected chi connectivity index (χ2v) is 6.68. The highest BCUT2D eigenvalue weighted by Crippen LogP contribution is 2.16. The second-order valence-electron chi connectivity index (χ2n) is 6.68. The van der Waals surface area contributed by atoms with Crippen LogP contribution < -0.4 is 11.1 Å². The minimum atomic E-state index is -0.459. The fourth-order valence-corrected chi connectivity index (χ4v) is 3.23. The number of hydrogen-bond acceptors (Lipinski definition) is 3. The number of nitrogens with one attached hydrogen (secondary N) is 1. The van der Waals surface area contributed by atoms with Gasteiger partial charge in [0, 0.05) is 12.6 Å². The minimum absolute atomic E-state index is 0. The molecular weight excluding hydrogens is 357 g/mol. The summed E-state index contributed by atoms with van der Waals surface area (Å²) < 4.78 is 0. The predicted molar refractivity (Wildman–Crippen MR) is 110 cm³/mol. The average Bonchev–Trinajstić information content (AvgIpc) is 2.57. The van der Waals surface area contributed by atoms with Crippen LogP contribution >= 0.6 is 24.8 Å². The van der Waals surface area contributed by atoms with Crippen molar-refractivity contribution in [3.63, 3.8) is 0 Å². The van der Waals surface area contributed by atoms with Gasteiger partial charge in [0.1, 0.15) is 0 Å². The van der Waals surface area contributed by atoms with Crippen molar-refractivity contribution in [1.29, 1.82) is 0 Å². The fourth-order valence-electron chi connectivity index (χ4n) is 3.23. The number of piperidine rings is 1. The van der Waals surface area contributed by atoms with Gasteiger partial charge in [-0.3, -0.25) is 4.79 Å². The number of rotatable bonds is 8. The third-order valence-electron chi connectivity index (χ3n) is 4.75. The van der Waals surface area contributed by atoms with E-state index in [-0.39, 0.29) is 30.7 Å². The van der Waals surface area contributed by atoms with Crippen molar-refractivity contribution in [3.8, 4) is 0 Å². The molecule has 144 valence electrons. The van der Waals surface area contributed by atoms with Gasteiger partial charge in [0.05, 0.1) is 6.04 Å². The number of benzene rings is 1. The minimum Gasteiger partial charge on any atom is -0.355 e. The molecule has 0 radical (unpaired) electrons. The van der Waals surface area contributed by atoms with E-state index in [0.717, 1.165) is 37.5 Å². The Hall–Kier alpha value is -0.810. The molecule has 4 nitrogen and oxygen atoms in total. The second kappa shape index (κ2) is 13.4. The fraction of sp³-hybridized carbons (Fsp3) is 0.632. The van der Waals surface area contributed by atoms with Crippen molar-refractivity contribution < 1.29 is 4.79 Å². The van der Waals surface area contributed by atoms with Crippen LogP contribution in [0.25, 0.3) is 0 Å². The van der Waals surface area contributed by atoms with Crippen LogP contribution in [0.2, 0.25) is 0 Å². The molecule has 6 heteroatoms. The van der Waals surface area contributed by atoms with E-state index in [0.29, 0.717) is 6.42 Å². The van der Waals surface area contributed by atoms with Gasteiger partial charge < -0.3 is 16.0 Å². The molecule has 25 heavy (non-hydrogen) atoms.